The first-order valence-corrected chi connectivity index (χ1v) is 4.57. The number of fused-ring (bicyclic) bond motifs is 1. The maximum absolute atomic E-state index is 10.9. The molecule has 0 bridgehead atoms. The molecule has 0 radical (unpaired) electrons. The van der Waals surface area contributed by atoms with Crippen LogP contribution in [-0.4, -0.2) is 22.2 Å². The zero-order valence-electron chi connectivity index (χ0n) is 7.73. The zero-order valence-corrected chi connectivity index (χ0v) is 8.49. The Morgan fingerprint density at radius 1 is 1.19 bits per heavy atom. The molecule has 2 aromatic rings. The molecule has 0 saturated carbocycles. The molecule has 0 spiro atoms. The lowest BCUT2D eigenvalue weighted by Gasteiger charge is -1.92. The Morgan fingerprint density at radius 2 is 1.88 bits per heavy atom. The SMILES string of the molecule is O=C(O)c1oc2ccc(Cl)cc2c1C(=O)O. The molecular weight excluding hydrogens is 236 g/mol. The van der Waals surface area contributed by atoms with Crippen molar-refractivity contribution in [2.45, 2.75) is 0 Å². The van der Waals surface area contributed by atoms with Crippen molar-refractivity contribution in [2.24, 2.45) is 0 Å². The smallest absolute Gasteiger partial charge is 0.372 e. The fourth-order valence-electron chi connectivity index (χ4n) is 1.43. The van der Waals surface area contributed by atoms with Gasteiger partial charge in [-0.05, 0) is 18.2 Å². The van der Waals surface area contributed by atoms with Gasteiger partial charge in [-0.25, -0.2) is 9.59 Å². The highest BCUT2D eigenvalue weighted by Gasteiger charge is 2.25. The van der Waals surface area contributed by atoms with E-state index in [9.17, 15) is 9.59 Å². The van der Waals surface area contributed by atoms with Gasteiger partial charge in [0.25, 0.3) is 0 Å². The highest BCUT2D eigenvalue weighted by atomic mass is 35.5. The van der Waals surface area contributed by atoms with Crippen LogP contribution >= 0.6 is 11.6 Å². The van der Waals surface area contributed by atoms with Crippen molar-refractivity contribution in [3.05, 3.63) is 34.5 Å². The minimum atomic E-state index is -1.43. The minimum absolute atomic E-state index is 0.178. The Bertz CT molecular complexity index is 599. The predicted molar refractivity (Wildman–Crippen MR) is 55.1 cm³/mol. The van der Waals surface area contributed by atoms with Crippen LogP contribution in [0.1, 0.15) is 20.9 Å². The summed E-state index contributed by atoms with van der Waals surface area (Å²) < 4.78 is 4.94. The molecule has 0 unspecified atom stereocenters. The molecule has 2 N–H and O–H groups in total. The molecule has 0 aliphatic carbocycles. The van der Waals surface area contributed by atoms with Crippen LogP contribution < -0.4 is 0 Å². The van der Waals surface area contributed by atoms with Gasteiger partial charge in [-0.2, -0.15) is 0 Å². The van der Waals surface area contributed by atoms with Gasteiger partial charge >= 0.3 is 11.9 Å². The summed E-state index contributed by atoms with van der Waals surface area (Å²) in [5.74, 6) is -3.38. The number of hydrogen-bond acceptors (Lipinski definition) is 3. The van der Waals surface area contributed by atoms with E-state index in [0.717, 1.165) is 0 Å². The number of benzene rings is 1. The van der Waals surface area contributed by atoms with Crippen molar-refractivity contribution in [3.63, 3.8) is 0 Å². The van der Waals surface area contributed by atoms with Crippen molar-refractivity contribution in [1.82, 2.24) is 0 Å². The van der Waals surface area contributed by atoms with E-state index in [4.69, 9.17) is 26.2 Å². The highest BCUT2D eigenvalue weighted by Crippen LogP contribution is 2.28. The van der Waals surface area contributed by atoms with Crippen LogP contribution in [0.2, 0.25) is 5.02 Å². The predicted octanol–water partition coefficient (Wildman–Crippen LogP) is 2.48. The van der Waals surface area contributed by atoms with Crippen molar-refractivity contribution >= 4 is 34.5 Å². The van der Waals surface area contributed by atoms with Gasteiger partial charge in [0.1, 0.15) is 11.1 Å². The summed E-state index contributed by atoms with van der Waals surface area (Å²) in [6.07, 6.45) is 0. The fraction of sp³-hybridized carbons (Fsp3) is 0. The Kier molecular flexibility index (Phi) is 2.32. The number of aromatic carboxylic acids is 2. The molecule has 0 amide bonds. The number of carboxylic acid groups (broad SMARTS) is 2. The Labute approximate surface area is 93.9 Å². The molecule has 0 aliphatic rings. The fourth-order valence-corrected chi connectivity index (χ4v) is 1.60. The molecule has 1 heterocycles. The minimum Gasteiger partial charge on any atom is -0.478 e. The van der Waals surface area contributed by atoms with Gasteiger partial charge in [-0.1, -0.05) is 11.6 Å². The van der Waals surface area contributed by atoms with Crippen LogP contribution in [0, 0.1) is 0 Å². The average Bonchev–Trinajstić information content (AvgIpc) is 2.55. The molecule has 0 fully saturated rings. The summed E-state index contributed by atoms with van der Waals surface area (Å²) in [6, 6.07) is 4.28. The first-order valence-electron chi connectivity index (χ1n) is 4.19. The second-order valence-corrected chi connectivity index (χ2v) is 3.49. The summed E-state index contributed by atoms with van der Waals surface area (Å²) in [6.45, 7) is 0. The van der Waals surface area contributed by atoms with Crippen molar-refractivity contribution in [3.8, 4) is 0 Å². The number of rotatable bonds is 2. The molecular formula is C10H5ClO5. The third-order valence-corrected chi connectivity index (χ3v) is 2.29. The summed E-state index contributed by atoms with van der Waals surface area (Å²) in [4.78, 5) is 21.7. The molecule has 0 atom stereocenters. The first-order chi connectivity index (χ1) is 7.50. The topological polar surface area (TPSA) is 87.7 Å². The van der Waals surface area contributed by atoms with E-state index < -0.39 is 17.7 Å². The van der Waals surface area contributed by atoms with E-state index in [1.54, 1.807) is 0 Å². The Morgan fingerprint density at radius 3 is 2.44 bits per heavy atom. The quantitative estimate of drug-likeness (QED) is 0.842. The largest absolute Gasteiger partial charge is 0.478 e. The van der Waals surface area contributed by atoms with Crippen LogP contribution in [0.4, 0.5) is 0 Å². The molecule has 2 rings (SSSR count). The molecule has 1 aromatic heterocycles. The zero-order chi connectivity index (χ0) is 11.9. The molecule has 1 aromatic carbocycles. The summed E-state index contributed by atoms with van der Waals surface area (Å²) in [5, 5.41) is 18.2. The lowest BCUT2D eigenvalue weighted by molar-refractivity contribution is 0.0628. The van der Waals surface area contributed by atoms with E-state index in [1.807, 2.05) is 0 Å². The number of carbonyl (C=O) groups is 2. The number of carboxylic acids is 2. The lowest BCUT2D eigenvalue weighted by atomic mass is 10.1. The maximum Gasteiger partial charge on any atom is 0.372 e. The average molecular weight is 241 g/mol. The van der Waals surface area contributed by atoms with E-state index in [0.29, 0.717) is 5.02 Å². The van der Waals surface area contributed by atoms with Crippen LogP contribution in [0.3, 0.4) is 0 Å². The van der Waals surface area contributed by atoms with Gasteiger partial charge in [0, 0.05) is 10.4 Å². The van der Waals surface area contributed by atoms with Crippen LogP contribution in [0.25, 0.3) is 11.0 Å². The van der Waals surface area contributed by atoms with Gasteiger partial charge in [-0.15, -0.1) is 0 Å². The van der Waals surface area contributed by atoms with Gasteiger partial charge in [-0.3, -0.25) is 0 Å². The van der Waals surface area contributed by atoms with Crippen LogP contribution in [0.5, 0.6) is 0 Å². The van der Waals surface area contributed by atoms with Crippen LogP contribution in [0.15, 0.2) is 22.6 Å². The molecule has 0 aliphatic heterocycles. The van der Waals surface area contributed by atoms with Crippen molar-refractivity contribution in [1.29, 1.82) is 0 Å². The molecule has 0 saturated heterocycles. The van der Waals surface area contributed by atoms with Gasteiger partial charge in [0.05, 0.1) is 0 Å². The standard InChI is InChI=1S/C10H5ClO5/c11-4-1-2-6-5(3-4)7(9(12)13)8(16-6)10(14)15/h1-3H,(H,12,13)(H,14,15). The lowest BCUT2D eigenvalue weighted by Crippen LogP contribution is -2.04. The monoisotopic (exact) mass is 240 g/mol. The van der Waals surface area contributed by atoms with E-state index >= 15 is 0 Å². The van der Waals surface area contributed by atoms with Gasteiger partial charge in [0.2, 0.25) is 5.76 Å². The van der Waals surface area contributed by atoms with Crippen molar-refractivity contribution < 1.29 is 24.2 Å². The number of halogens is 1. The summed E-state index contributed by atoms with van der Waals surface area (Å²) >= 11 is 5.70. The summed E-state index contributed by atoms with van der Waals surface area (Å²) in [5.41, 5.74) is -0.204. The Balaban J connectivity index is 2.88. The molecule has 5 nitrogen and oxygen atoms in total. The molecule has 16 heavy (non-hydrogen) atoms. The van der Waals surface area contributed by atoms with E-state index in [2.05, 4.69) is 0 Å². The first kappa shape index (κ1) is 10.5. The van der Waals surface area contributed by atoms with Crippen molar-refractivity contribution in [2.75, 3.05) is 0 Å². The third kappa shape index (κ3) is 1.51. The van der Waals surface area contributed by atoms with E-state index in [1.165, 1.54) is 18.2 Å². The van der Waals surface area contributed by atoms with Gasteiger partial charge < -0.3 is 14.6 Å². The second-order valence-electron chi connectivity index (χ2n) is 3.06. The highest BCUT2D eigenvalue weighted by molar-refractivity contribution is 6.31. The third-order valence-electron chi connectivity index (χ3n) is 2.06. The molecule has 6 heteroatoms. The van der Waals surface area contributed by atoms with Gasteiger partial charge in [0.15, 0.2) is 0 Å². The van der Waals surface area contributed by atoms with Crippen LogP contribution in [-0.2, 0) is 0 Å². The summed E-state index contributed by atoms with van der Waals surface area (Å²) in [7, 11) is 0. The Hall–Kier alpha value is -2.01. The number of hydrogen-bond donors (Lipinski definition) is 2. The van der Waals surface area contributed by atoms with E-state index in [-0.39, 0.29) is 16.5 Å². The molecule has 82 valence electrons. The maximum atomic E-state index is 10.9. The second kappa shape index (κ2) is 3.53. The number of furan rings is 1. The normalized spacial score (nSPS) is 10.6.